The Labute approximate surface area is 174 Å². The zero-order valence-corrected chi connectivity index (χ0v) is 18.1. The molecule has 158 valence electrons. The van der Waals surface area contributed by atoms with E-state index in [1.54, 1.807) is 31.2 Å². The zero-order valence-electron chi connectivity index (χ0n) is 17.4. The summed E-state index contributed by atoms with van der Waals surface area (Å²) in [7, 11) is 0. The second-order valence-electron chi connectivity index (χ2n) is 7.24. The number of carbonyl (C=O) groups excluding carboxylic acids is 2. The largest absolute Gasteiger partial charge is 0.462 e. The van der Waals surface area contributed by atoms with Crippen molar-refractivity contribution in [1.29, 1.82) is 0 Å². The highest BCUT2D eigenvalue weighted by Gasteiger charge is 2.19. The van der Waals surface area contributed by atoms with Gasteiger partial charge in [0.05, 0.1) is 23.1 Å². The van der Waals surface area contributed by atoms with Crippen LogP contribution in [0.3, 0.4) is 0 Å². The molecule has 0 saturated heterocycles. The van der Waals surface area contributed by atoms with Gasteiger partial charge in [-0.05, 0) is 25.5 Å². The van der Waals surface area contributed by atoms with E-state index in [1.807, 2.05) is 0 Å². The maximum Gasteiger partial charge on any atom is 0.339 e. The van der Waals surface area contributed by atoms with Gasteiger partial charge in [-0.25, -0.2) is 9.59 Å². The Morgan fingerprint density at radius 3 is 1.79 bits per heavy atom. The van der Waals surface area contributed by atoms with Crippen LogP contribution in [0.1, 0.15) is 98.8 Å². The smallest absolute Gasteiger partial charge is 0.339 e. The zero-order chi connectivity index (χ0) is 20.6. The molecule has 1 aromatic rings. The number of halogens is 1. The lowest BCUT2D eigenvalue weighted by Crippen LogP contribution is -2.17. The van der Waals surface area contributed by atoms with Crippen LogP contribution in [0.4, 0.5) is 0 Å². The van der Waals surface area contributed by atoms with Gasteiger partial charge in [-0.1, -0.05) is 76.8 Å². The SMILES string of the molecule is CCCCCCCCCCCCOC(=O)c1ccccc1C(=O)OCC(C)Cl. The van der Waals surface area contributed by atoms with Gasteiger partial charge >= 0.3 is 11.9 Å². The molecule has 1 atom stereocenters. The van der Waals surface area contributed by atoms with E-state index in [2.05, 4.69) is 6.92 Å². The van der Waals surface area contributed by atoms with Crippen molar-refractivity contribution >= 4 is 23.5 Å². The summed E-state index contributed by atoms with van der Waals surface area (Å²) in [6, 6.07) is 6.55. The maximum atomic E-state index is 12.3. The molecule has 0 heterocycles. The minimum absolute atomic E-state index is 0.0996. The molecule has 4 nitrogen and oxygen atoms in total. The van der Waals surface area contributed by atoms with Crippen molar-refractivity contribution in [2.75, 3.05) is 13.2 Å². The summed E-state index contributed by atoms with van der Waals surface area (Å²) in [6.45, 7) is 4.44. The Bertz CT molecular complexity index is 571. The number of rotatable bonds is 15. The maximum absolute atomic E-state index is 12.3. The first-order chi connectivity index (χ1) is 13.6. The molecule has 0 aromatic heterocycles. The van der Waals surface area contributed by atoms with E-state index in [4.69, 9.17) is 21.1 Å². The third-order valence-electron chi connectivity index (χ3n) is 4.54. The van der Waals surface area contributed by atoms with E-state index in [1.165, 1.54) is 51.4 Å². The highest BCUT2D eigenvalue weighted by Crippen LogP contribution is 2.14. The number of carbonyl (C=O) groups is 2. The molecule has 1 rings (SSSR count). The minimum atomic E-state index is -0.556. The summed E-state index contributed by atoms with van der Waals surface area (Å²) in [5.41, 5.74) is 0.453. The Balaban J connectivity index is 2.24. The van der Waals surface area contributed by atoms with Crippen LogP contribution in [0.2, 0.25) is 0 Å². The van der Waals surface area contributed by atoms with Crippen LogP contribution >= 0.6 is 11.6 Å². The second-order valence-corrected chi connectivity index (χ2v) is 7.99. The average Bonchev–Trinajstić information content (AvgIpc) is 2.70. The van der Waals surface area contributed by atoms with Gasteiger partial charge < -0.3 is 9.47 Å². The number of hydrogen-bond acceptors (Lipinski definition) is 4. The fourth-order valence-electron chi connectivity index (χ4n) is 2.94. The lowest BCUT2D eigenvalue weighted by atomic mass is 10.1. The third kappa shape index (κ3) is 10.7. The summed E-state index contributed by atoms with van der Waals surface area (Å²) in [4.78, 5) is 24.5. The molecule has 0 aliphatic rings. The highest BCUT2D eigenvalue weighted by atomic mass is 35.5. The summed E-state index contributed by atoms with van der Waals surface area (Å²) < 4.78 is 10.5. The van der Waals surface area contributed by atoms with Gasteiger partial charge in [-0.15, -0.1) is 11.6 Å². The van der Waals surface area contributed by atoms with Crippen molar-refractivity contribution in [3.8, 4) is 0 Å². The standard InChI is InChI=1S/C23H35ClO4/c1-3-4-5-6-7-8-9-10-11-14-17-27-22(25)20-15-12-13-16-21(20)23(26)28-18-19(2)24/h12-13,15-16,19H,3-11,14,17-18H2,1-2H3. The summed E-state index contributed by atoms with van der Waals surface area (Å²) in [5.74, 6) is -1.04. The van der Waals surface area contributed by atoms with E-state index < -0.39 is 11.9 Å². The normalized spacial score (nSPS) is 11.8. The molecule has 0 fully saturated rings. The molecule has 1 aromatic carbocycles. The molecule has 5 heteroatoms. The molecule has 0 saturated carbocycles. The van der Waals surface area contributed by atoms with Crippen LogP contribution in [0.25, 0.3) is 0 Å². The Kier molecular flexibility index (Phi) is 13.5. The van der Waals surface area contributed by atoms with E-state index >= 15 is 0 Å². The topological polar surface area (TPSA) is 52.6 Å². The van der Waals surface area contributed by atoms with E-state index in [-0.39, 0.29) is 23.1 Å². The second kappa shape index (κ2) is 15.4. The van der Waals surface area contributed by atoms with Crippen LogP contribution in [-0.4, -0.2) is 30.5 Å². The first-order valence-electron chi connectivity index (χ1n) is 10.6. The fourth-order valence-corrected chi connectivity index (χ4v) is 3.00. The molecule has 1 unspecified atom stereocenters. The van der Waals surface area contributed by atoms with Gasteiger partial charge in [-0.3, -0.25) is 0 Å². The predicted molar refractivity (Wildman–Crippen MR) is 114 cm³/mol. The third-order valence-corrected chi connectivity index (χ3v) is 4.67. The van der Waals surface area contributed by atoms with Crippen LogP contribution in [0.15, 0.2) is 24.3 Å². The van der Waals surface area contributed by atoms with Crippen LogP contribution in [0.5, 0.6) is 0 Å². The van der Waals surface area contributed by atoms with Crippen molar-refractivity contribution in [3.63, 3.8) is 0 Å². The molecule has 28 heavy (non-hydrogen) atoms. The molecule has 0 aliphatic heterocycles. The fraction of sp³-hybridized carbons (Fsp3) is 0.652. The number of ether oxygens (including phenoxy) is 2. The molecule has 0 bridgehead atoms. The van der Waals surface area contributed by atoms with Gasteiger partial charge in [0.1, 0.15) is 6.61 Å². The van der Waals surface area contributed by atoms with Crippen LogP contribution in [0, 0.1) is 0 Å². The van der Waals surface area contributed by atoms with Gasteiger partial charge in [0.2, 0.25) is 0 Å². The molecule has 0 spiro atoms. The first kappa shape index (κ1) is 24.5. The number of unbranched alkanes of at least 4 members (excludes halogenated alkanes) is 9. The van der Waals surface area contributed by atoms with Gasteiger partial charge in [0.15, 0.2) is 0 Å². The number of alkyl halides is 1. The lowest BCUT2D eigenvalue weighted by Gasteiger charge is -2.10. The van der Waals surface area contributed by atoms with Gasteiger partial charge in [0, 0.05) is 0 Å². The highest BCUT2D eigenvalue weighted by molar-refractivity contribution is 6.20. The molecule has 0 N–H and O–H groups in total. The van der Waals surface area contributed by atoms with E-state index in [0.29, 0.717) is 6.61 Å². The number of hydrogen-bond donors (Lipinski definition) is 0. The monoisotopic (exact) mass is 410 g/mol. The predicted octanol–water partition coefficient (Wildman–Crippen LogP) is 6.55. The van der Waals surface area contributed by atoms with Crippen molar-refractivity contribution in [2.45, 2.75) is 83.4 Å². The van der Waals surface area contributed by atoms with Crippen molar-refractivity contribution in [3.05, 3.63) is 35.4 Å². The van der Waals surface area contributed by atoms with Gasteiger partial charge in [-0.2, -0.15) is 0 Å². The summed E-state index contributed by atoms with van der Waals surface area (Å²) in [5, 5.41) is -0.278. The number of esters is 2. The molecule has 0 radical (unpaired) electrons. The van der Waals surface area contributed by atoms with Gasteiger partial charge in [0.25, 0.3) is 0 Å². The first-order valence-corrected chi connectivity index (χ1v) is 11.1. The average molecular weight is 411 g/mol. The summed E-state index contributed by atoms with van der Waals surface area (Å²) in [6.07, 6.45) is 12.3. The Hall–Kier alpha value is -1.55. The Morgan fingerprint density at radius 1 is 0.821 bits per heavy atom. The Morgan fingerprint density at radius 2 is 1.29 bits per heavy atom. The molecular formula is C23H35ClO4. The summed E-state index contributed by atoms with van der Waals surface area (Å²) >= 11 is 5.80. The van der Waals surface area contributed by atoms with Crippen LogP contribution < -0.4 is 0 Å². The van der Waals surface area contributed by atoms with E-state index in [9.17, 15) is 9.59 Å². The molecular weight excluding hydrogens is 376 g/mol. The van der Waals surface area contributed by atoms with Crippen LogP contribution in [-0.2, 0) is 9.47 Å². The van der Waals surface area contributed by atoms with Crippen molar-refractivity contribution < 1.29 is 19.1 Å². The van der Waals surface area contributed by atoms with E-state index in [0.717, 1.165) is 12.8 Å². The number of benzene rings is 1. The van der Waals surface area contributed by atoms with Crippen molar-refractivity contribution in [1.82, 2.24) is 0 Å². The molecule has 0 aliphatic carbocycles. The minimum Gasteiger partial charge on any atom is -0.462 e. The van der Waals surface area contributed by atoms with Crippen molar-refractivity contribution in [2.24, 2.45) is 0 Å². The lowest BCUT2D eigenvalue weighted by molar-refractivity contribution is 0.0455. The quantitative estimate of drug-likeness (QED) is 0.187. The molecule has 0 amide bonds.